The fourth-order valence-corrected chi connectivity index (χ4v) is 2.03. The van der Waals surface area contributed by atoms with E-state index in [-0.39, 0.29) is 5.75 Å². The van der Waals surface area contributed by atoms with E-state index in [0.717, 1.165) is 11.1 Å². The first-order chi connectivity index (χ1) is 6.42. The quantitative estimate of drug-likeness (QED) is 0.740. The van der Waals surface area contributed by atoms with Crippen molar-refractivity contribution >= 4 is 9.84 Å². The van der Waals surface area contributed by atoms with Gasteiger partial charge in [-0.3, -0.25) is 0 Å². The summed E-state index contributed by atoms with van der Waals surface area (Å²) in [5.74, 6) is 0.0273. The lowest BCUT2D eigenvalue weighted by molar-refractivity contribution is 0.601. The van der Waals surface area contributed by atoms with Crippen LogP contribution in [0.3, 0.4) is 0 Å². The Kier molecular flexibility index (Phi) is 2.92. The monoisotopic (exact) mass is 209 g/mol. The van der Waals surface area contributed by atoms with Crippen LogP contribution in [-0.4, -0.2) is 14.7 Å². The molecule has 0 saturated heterocycles. The van der Waals surface area contributed by atoms with E-state index in [9.17, 15) is 8.42 Å². The summed E-state index contributed by atoms with van der Waals surface area (Å²) >= 11 is 0. The first kappa shape index (κ1) is 10.7. The molecule has 0 aliphatic carbocycles. The van der Waals surface area contributed by atoms with Gasteiger partial charge in [0.1, 0.15) is 0 Å². The third-order valence-electron chi connectivity index (χ3n) is 1.84. The Balaban J connectivity index is 3.06. The molecular weight excluding hydrogens is 198 g/mol. The molecule has 0 unspecified atom stereocenters. The van der Waals surface area contributed by atoms with Gasteiger partial charge in [-0.25, -0.2) is 8.42 Å². The molecule has 1 aromatic carbocycles. The van der Waals surface area contributed by atoms with Crippen molar-refractivity contribution in [3.63, 3.8) is 0 Å². The lowest BCUT2D eigenvalue weighted by Crippen LogP contribution is -2.01. The summed E-state index contributed by atoms with van der Waals surface area (Å²) in [5.41, 5.74) is 2.12. The topological polar surface area (TPSA) is 57.9 Å². The zero-order valence-corrected chi connectivity index (χ0v) is 8.93. The molecule has 74 valence electrons. The van der Waals surface area contributed by atoms with Gasteiger partial charge in [0.25, 0.3) is 0 Å². The van der Waals surface area contributed by atoms with Gasteiger partial charge in [-0.1, -0.05) is 12.1 Å². The number of hydrogen-bond acceptors (Lipinski definition) is 3. The van der Waals surface area contributed by atoms with E-state index in [2.05, 4.69) is 0 Å². The molecule has 0 aromatic heterocycles. The van der Waals surface area contributed by atoms with Crippen LogP contribution in [0.1, 0.15) is 16.7 Å². The van der Waals surface area contributed by atoms with Crippen molar-refractivity contribution in [2.45, 2.75) is 12.7 Å². The molecule has 0 heterocycles. The fourth-order valence-electron chi connectivity index (χ4n) is 1.24. The summed E-state index contributed by atoms with van der Waals surface area (Å²) in [5, 5.41) is 8.67. The number of hydrogen-bond donors (Lipinski definition) is 0. The maximum atomic E-state index is 11.0. The van der Waals surface area contributed by atoms with Gasteiger partial charge in [0.05, 0.1) is 17.4 Å². The molecule has 0 fully saturated rings. The average Bonchev–Trinajstić information content (AvgIpc) is 2.01. The number of nitriles is 1. The van der Waals surface area contributed by atoms with Crippen LogP contribution in [0.5, 0.6) is 0 Å². The number of benzene rings is 1. The Bertz CT molecular complexity index is 483. The highest BCUT2D eigenvalue weighted by atomic mass is 32.2. The number of sulfone groups is 1. The van der Waals surface area contributed by atoms with Crippen LogP contribution in [0, 0.1) is 18.3 Å². The largest absolute Gasteiger partial charge is 0.229 e. The van der Waals surface area contributed by atoms with E-state index in [1.165, 1.54) is 6.26 Å². The van der Waals surface area contributed by atoms with Crippen LogP contribution in [0.15, 0.2) is 18.2 Å². The van der Waals surface area contributed by atoms with Gasteiger partial charge < -0.3 is 0 Å². The zero-order valence-electron chi connectivity index (χ0n) is 8.11. The molecule has 14 heavy (non-hydrogen) atoms. The van der Waals surface area contributed by atoms with E-state index in [1.54, 1.807) is 25.1 Å². The molecule has 0 N–H and O–H groups in total. The number of nitrogens with zero attached hydrogens (tertiary/aromatic N) is 1. The van der Waals surface area contributed by atoms with Gasteiger partial charge in [0.2, 0.25) is 0 Å². The molecule has 4 heteroatoms. The van der Waals surface area contributed by atoms with Gasteiger partial charge in [0.15, 0.2) is 9.84 Å². The van der Waals surface area contributed by atoms with Crippen LogP contribution in [0.25, 0.3) is 0 Å². The van der Waals surface area contributed by atoms with E-state index in [4.69, 9.17) is 5.26 Å². The van der Waals surface area contributed by atoms with Crippen molar-refractivity contribution in [2.75, 3.05) is 6.26 Å². The highest BCUT2D eigenvalue weighted by molar-refractivity contribution is 7.89. The lowest BCUT2D eigenvalue weighted by atomic mass is 10.1. The third kappa shape index (κ3) is 2.86. The van der Waals surface area contributed by atoms with E-state index in [1.807, 2.05) is 6.07 Å². The van der Waals surface area contributed by atoms with Crippen LogP contribution in [-0.2, 0) is 15.6 Å². The summed E-state index contributed by atoms with van der Waals surface area (Å²) in [4.78, 5) is 0. The molecule has 0 aliphatic heterocycles. The van der Waals surface area contributed by atoms with Crippen molar-refractivity contribution in [3.8, 4) is 6.07 Å². The molecule has 0 amide bonds. The molecule has 0 spiro atoms. The third-order valence-corrected chi connectivity index (χ3v) is 2.70. The number of rotatable bonds is 2. The maximum absolute atomic E-state index is 11.0. The van der Waals surface area contributed by atoms with Crippen molar-refractivity contribution in [1.82, 2.24) is 0 Å². The highest BCUT2D eigenvalue weighted by Gasteiger charge is 2.05. The van der Waals surface area contributed by atoms with Crippen LogP contribution < -0.4 is 0 Å². The van der Waals surface area contributed by atoms with Gasteiger partial charge in [0, 0.05) is 6.26 Å². The Morgan fingerprint density at radius 1 is 1.43 bits per heavy atom. The normalized spacial score (nSPS) is 10.9. The van der Waals surface area contributed by atoms with E-state index >= 15 is 0 Å². The summed E-state index contributed by atoms with van der Waals surface area (Å²) in [6, 6.07) is 7.09. The van der Waals surface area contributed by atoms with Gasteiger partial charge in [-0.15, -0.1) is 0 Å². The van der Waals surface area contributed by atoms with Gasteiger partial charge >= 0.3 is 0 Å². The first-order valence-electron chi connectivity index (χ1n) is 4.10. The van der Waals surface area contributed by atoms with E-state index < -0.39 is 9.84 Å². The minimum atomic E-state index is -3.00. The first-order valence-corrected chi connectivity index (χ1v) is 6.16. The van der Waals surface area contributed by atoms with Crippen LogP contribution in [0.2, 0.25) is 0 Å². The molecule has 0 radical (unpaired) electrons. The van der Waals surface area contributed by atoms with Crippen molar-refractivity contribution in [1.29, 1.82) is 5.26 Å². The lowest BCUT2D eigenvalue weighted by Gasteiger charge is -2.02. The fraction of sp³-hybridized carbons (Fsp3) is 0.300. The molecule has 0 bridgehead atoms. The molecule has 0 saturated carbocycles. The maximum Gasteiger partial charge on any atom is 0.151 e. The predicted octanol–water partition coefficient (Wildman–Crippen LogP) is 1.41. The second-order valence-corrected chi connectivity index (χ2v) is 5.47. The molecule has 1 aromatic rings. The average molecular weight is 209 g/mol. The van der Waals surface area contributed by atoms with Crippen molar-refractivity contribution < 1.29 is 8.42 Å². The summed E-state index contributed by atoms with van der Waals surface area (Å²) in [7, 11) is -3.00. The second-order valence-electron chi connectivity index (χ2n) is 3.33. The summed E-state index contributed by atoms with van der Waals surface area (Å²) < 4.78 is 22.0. The standard InChI is InChI=1S/C10H11NO2S/c1-8-5-9(7-14(2,12)13)3-4-10(8)6-11/h3-5H,7H2,1-2H3. The smallest absolute Gasteiger partial charge is 0.151 e. The Hall–Kier alpha value is -1.34. The highest BCUT2D eigenvalue weighted by Crippen LogP contribution is 2.12. The van der Waals surface area contributed by atoms with Gasteiger partial charge in [-0.2, -0.15) is 5.26 Å². The summed E-state index contributed by atoms with van der Waals surface area (Å²) in [6.45, 7) is 1.80. The Morgan fingerprint density at radius 2 is 2.07 bits per heavy atom. The SMILES string of the molecule is Cc1cc(CS(C)(=O)=O)ccc1C#N. The minimum Gasteiger partial charge on any atom is -0.229 e. The van der Waals surface area contributed by atoms with Crippen molar-refractivity contribution in [2.24, 2.45) is 0 Å². The van der Waals surface area contributed by atoms with Crippen LogP contribution >= 0.6 is 0 Å². The Labute approximate surface area is 83.9 Å². The predicted molar refractivity (Wildman–Crippen MR) is 54.4 cm³/mol. The molecular formula is C10H11NO2S. The number of aryl methyl sites for hydroxylation is 1. The molecule has 0 aliphatic rings. The van der Waals surface area contributed by atoms with Crippen molar-refractivity contribution in [3.05, 3.63) is 34.9 Å². The summed E-state index contributed by atoms with van der Waals surface area (Å²) in [6.07, 6.45) is 1.19. The Morgan fingerprint density at radius 3 is 2.50 bits per heavy atom. The van der Waals surface area contributed by atoms with Crippen LogP contribution in [0.4, 0.5) is 0 Å². The molecule has 1 rings (SSSR count). The zero-order chi connectivity index (χ0) is 10.8. The van der Waals surface area contributed by atoms with Gasteiger partial charge in [-0.05, 0) is 24.1 Å². The minimum absolute atomic E-state index is 0.0273. The van der Waals surface area contributed by atoms with E-state index in [0.29, 0.717) is 5.56 Å². The molecule has 3 nitrogen and oxygen atoms in total. The molecule has 0 atom stereocenters. The second kappa shape index (κ2) is 3.81.